The highest BCUT2D eigenvalue weighted by Crippen LogP contribution is 2.39. The first-order chi connectivity index (χ1) is 17.8. The van der Waals surface area contributed by atoms with E-state index in [-0.39, 0.29) is 28.7 Å². The molecule has 0 radical (unpaired) electrons. The second kappa shape index (κ2) is 12.3. The summed E-state index contributed by atoms with van der Waals surface area (Å²) in [5, 5.41) is 22.9. The van der Waals surface area contributed by atoms with Crippen LogP contribution in [0.4, 0.5) is 5.69 Å². The lowest BCUT2D eigenvalue weighted by Gasteiger charge is -2.13. The summed E-state index contributed by atoms with van der Waals surface area (Å²) in [6, 6.07) is 11.5. The van der Waals surface area contributed by atoms with Crippen LogP contribution in [0.25, 0.3) is 18.2 Å². The summed E-state index contributed by atoms with van der Waals surface area (Å²) in [5.74, 6) is 1.29. The molecule has 0 aliphatic carbocycles. The Kier molecular flexibility index (Phi) is 8.88. The zero-order valence-corrected chi connectivity index (χ0v) is 21.2. The van der Waals surface area contributed by atoms with Gasteiger partial charge in [-0.1, -0.05) is 18.2 Å². The molecule has 0 aromatic heterocycles. The third kappa shape index (κ3) is 6.46. The number of anilines is 1. The van der Waals surface area contributed by atoms with Gasteiger partial charge in [-0.25, -0.2) is 0 Å². The van der Waals surface area contributed by atoms with E-state index in [0.29, 0.717) is 28.4 Å². The number of methoxy groups -OCH3 is 5. The Labute approximate surface area is 215 Å². The van der Waals surface area contributed by atoms with Gasteiger partial charge in [0.05, 0.1) is 41.2 Å². The van der Waals surface area contributed by atoms with Crippen LogP contribution in [0.3, 0.4) is 0 Å². The van der Waals surface area contributed by atoms with Gasteiger partial charge in [0.1, 0.15) is 0 Å². The molecule has 0 aliphatic heterocycles. The lowest BCUT2D eigenvalue weighted by Crippen LogP contribution is -2.08. The molecule has 0 heterocycles. The van der Waals surface area contributed by atoms with Crippen LogP contribution in [0.2, 0.25) is 0 Å². The molecule has 3 aromatic carbocycles. The summed E-state index contributed by atoms with van der Waals surface area (Å²) < 4.78 is 26.5. The minimum absolute atomic E-state index is 0.00230. The van der Waals surface area contributed by atoms with Crippen molar-refractivity contribution in [1.82, 2.24) is 0 Å². The summed E-state index contributed by atoms with van der Waals surface area (Å²) in [7, 11) is 7.47. The van der Waals surface area contributed by atoms with E-state index in [1.54, 1.807) is 48.6 Å². The topological polar surface area (TPSA) is 116 Å². The number of amides is 1. The van der Waals surface area contributed by atoms with Crippen molar-refractivity contribution in [1.29, 1.82) is 0 Å². The standard InChI is InChI=1S/C28H29NO8/c1-33-22-13-17(8-10-21(22)30)9-11-26(31)29-20-12-18(14-23(34-2)27(20)32)6-7-19-15-24(35-3)28(37-5)25(16-19)36-4/h6-16,30,32H,1-5H3,(H,29,31)/b7-6?,11-9+. The number of hydrogen-bond acceptors (Lipinski definition) is 8. The number of aromatic hydroxyl groups is 2. The van der Waals surface area contributed by atoms with Crippen molar-refractivity contribution < 1.29 is 38.7 Å². The second-order valence-electron chi connectivity index (χ2n) is 7.67. The van der Waals surface area contributed by atoms with E-state index < -0.39 is 5.91 Å². The first kappa shape index (κ1) is 26.8. The van der Waals surface area contributed by atoms with Gasteiger partial charge in [0.15, 0.2) is 34.5 Å². The number of ether oxygens (including phenoxy) is 5. The summed E-state index contributed by atoms with van der Waals surface area (Å²) in [5.41, 5.74) is 2.25. The lowest BCUT2D eigenvalue weighted by molar-refractivity contribution is -0.111. The van der Waals surface area contributed by atoms with Crippen molar-refractivity contribution in [2.75, 3.05) is 40.9 Å². The monoisotopic (exact) mass is 507 g/mol. The van der Waals surface area contributed by atoms with Gasteiger partial charge in [0.2, 0.25) is 11.7 Å². The Morgan fingerprint density at radius 1 is 0.676 bits per heavy atom. The molecule has 194 valence electrons. The summed E-state index contributed by atoms with van der Waals surface area (Å²) >= 11 is 0. The zero-order chi connectivity index (χ0) is 26.9. The van der Waals surface area contributed by atoms with Gasteiger partial charge in [-0.15, -0.1) is 0 Å². The third-order valence-corrected chi connectivity index (χ3v) is 5.36. The molecule has 9 nitrogen and oxygen atoms in total. The Morgan fingerprint density at radius 3 is 1.78 bits per heavy atom. The highest BCUT2D eigenvalue weighted by Gasteiger charge is 2.14. The highest BCUT2D eigenvalue weighted by molar-refractivity contribution is 6.03. The maximum Gasteiger partial charge on any atom is 0.248 e. The lowest BCUT2D eigenvalue weighted by atomic mass is 10.1. The first-order valence-electron chi connectivity index (χ1n) is 11.1. The van der Waals surface area contributed by atoms with E-state index in [4.69, 9.17) is 23.7 Å². The molecule has 3 N–H and O–H groups in total. The van der Waals surface area contributed by atoms with E-state index in [2.05, 4.69) is 5.32 Å². The highest BCUT2D eigenvalue weighted by atomic mass is 16.5. The molecule has 1 amide bonds. The van der Waals surface area contributed by atoms with Crippen LogP contribution in [-0.4, -0.2) is 51.7 Å². The average molecular weight is 508 g/mol. The van der Waals surface area contributed by atoms with Crippen molar-refractivity contribution in [2.24, 2.45) is 0 Å². The molecular weight excluding hydrogens is 478 g/mol. The van der Waals surface area contributed by atoms with E-state index >= 15 is 0 Å². The minimum atomic E-state index is -0.477. The largest absolute Gasteiger partial charge is 0.504 e. The molecule has 0 atom stereocenters. The third-order valence-electron chi connectivity index (χ3n) is 5.36. The number of carbonyl (C=O) groups is 1. The predicted octanol–water partition coefficient (Wildman–Crippen LogP) is 4.96. The fourth-order valence-electron chi connectivity index (χ4n) is 3.51. The maximum absolute atomic E-state index is 12.6. The van der Waals surface area contributed by atoms with Gasteiger partial charge >= 0.3 is 0 Å². The SMILES string of the molecule is COc1cc(/C=C/C(=O)Nc2cc(C=Cc3cc(OC)c(OC)c(OC)c3)cc(OC)c2O)ccc1O. The van der Waals surface area contributed by atoms with Crippen molar-refractivity contribution >= 4 is 29.8 Å². The van der Waals surface area contributed by atoms with Crippen LogP contribution in [0.15, 0.2) is 48.5 Å². The summed E-state index contributed by atoms with van der Waals surface area (Å²) in [6.45, 7) is 0. The number of phenols is 2. The van der Waals surface area contributed by atoms with E-state index in [0.717, 1.165) is 5.56 Å². The van der Waals surface area contributed by atoms with Crippen molar-refractivity contribution in [3.63, 3.8) is 0 Å². The van der Waals surface area contributed by atoms with Crippen molar-refractivity contribution in [2.45, 2.75) is 0 Å². The molecule has 0 aliphatic rings. The van der Waals surface area contributed by atoms with Crippen LogP contribution >= 0.6 is 0 Å². The summed E-state index contributed by atoms with van der Waals surface area (Å²) in [4.78, 5) is 12.6. The molecule has 9 heteroatoms. The number of carbonyl (C=O) groups excluding carboxylic acids is 1. The Balaban J connectivity index is 1.86. The minimum Gasteiger partial charge on any atom is -0.504 e. The van der Waals surface area contributed by atoms with Crippen molar-refractivity contribution in [3.8, 4) is 40.2 Å². The Hall–Kier alpha value is -4.79. The Bertz CT molecular complexity index is 1300. The molecule has 37 heavy (non-hydrogen) atoms. The van der Waals surface area contributed by atoms with Gasteiger partial charge in [0, 0.05) is 6.08 Å². The fraction of sp³-hybridized carbons (Fsp3) is 0.179. The van der Waals surface area contributed by atoms with Gasteiger partial charge in [-0.2, -0.15) is 0 Å². The van der Waals surface area contributed by atoms with Gasteiger partial charge < -0.3 is 39.2 Å². The van der Waals surface area contributed by atoms with Crippen LogP contribution in [0.5, 0.6) is 40.2 Å². The number of nitrogens with one attached hydrogen (secondary N) is 1. The molecule has 0 saturated heterocycles. The summed E-state index contributed by atoms with van der Waals surface area (Å²) in [6.07, 6.45) is 6.47. The smallest absolute Gasteiger partial charge is 0.248 e. The molecule has 3 aromatic rings. The van der Waals surface area contributed by atoms with E-state index in [1.807, 2.05) is 6.08 Å². The second-order valence-corrected chi connectivity index (χ2v) is 7.67. The number of benzene rings is 3. The number of rotatable bonds is 10. The zero-order valence-electron chi connectivity index (χ0n) is 21.2. The predicted molar refractivity (Wildman–Crippen MR) is 142 cm³/mol. The fourth-order valence-corrected chi connectivity index (χ4v) is 3.51. The average Bonchev–Trinajstić information content (AvgIpc) is 2.91. The number of phenolic OH excluding ortho intramolecular Hbond substituents is 2. The molecular formula is C28H29NO8. The normalized spacial score (nSPS) is 10.9. The van der Waals surface area contributed by atoms with Crippen molar-refractivity contribution in [3.05, 3.63) is 65.2 Å². The van der Waals surface area contributed by atoms with Gasteiger partial charge in [0.25, 0.3) is 0 Å². The molecule has 0 spiro atoms. The van der Waals surface area contributed by atoms with Crippen LogP contribution in [-0.2, 0) is 4.79 Å². The molecule has 0 bridgehead atoms. The molecule has 3 rings (SSSR count). The Morgan fingerprint density at radius 2 is 1.22 bits per heavy atom. The quantitative estimate of drug-likeness (QED) is 0.200. The van der Waals surface area contributed by atoms with Gasteiger partial charge in [-0.05, 0) is 59.2 Å². The van der Waals surface area contributed by atoms with Gasteiger partial charge in [-0.3, -0.25) is 4.79 Å². The van der Waals surface area contributed by atoms with Crippen LogP contribution in [0.1, 0.15) is 16.7 Å². The first-order valence-corrected chi connectivity index (χ1v) is 11.1. The number of hydrogen-bond donors (Lipinski definition) is 3. The molecule has 0 saturated carbocycles. The van der Waals surface area contributed by atoms with Crippen LogP contribution in [0, 0.1) is 0 Å². The van der Waals surface area contributed by atoms with Crippen LogP contribution < -0.4 is 29.0 Å². The maximum atomic E-state index is 12.6. The van der Waals surface area contributed by atoms with E-state index in [1.165, 1.54) is 47.7 Å². The molecule has 0 fully saturated rings. The molecule has 0 unspecified atom stereocenters. The van der Waals surface area contributed by atoms with E-state index in [9.17, 15) is 15.0 Å².